The molecule has 1 rings (SSSR count). The molecule has 9 heteroatoms. The number of hydrogen-bond acceptors (Lipinski definition) is 5. The zero-order chi connectivity index (χ0) is 18.7. The highest BCUT2D eigenvalue weighted by Gasteiger charge is 2.26. The van der Waals surface area contributed by atoms with Crippen LogP contribution in [-0.4, -0.2) is 49.8 Å². The molecule has 8 nitrogen and oxygen atoms in total. The number of nitrogens with one attached hydrogen (secondary N) is 1. The largest absolute Gasteiger partial charge is 0.480 e. The Balaban J connectivity index is 2.86. The SMILES string of the molecule is CN(C)S(=O)(=O)c1cc(C(=O)NC(CCC(C)(C)C)C(=O)O)co1. The summed E-state index contributed by atoms with van der Waals surface area (Å²) in [6.45, 7) is 5.92. The van der Waals surface area contributed by atoms with Crippen LogP contribution in [0.1, 0.15) is 44.0 Å². The minimum Gasteiger partial charge on any atom is -0.480 e. The van der Waals surface area contributed by atoms with E-state index in [2.05, 4.69) is 5.32 Å². The van der Waals surface area contributed by atoms with Crippen molar-refractivity contribution in [2.75, 3.05) is 14.1 Å². The molecule has 1 aromatic heterocycles. The molecule has 0 aliphatic rings. The third kappa shape index (κ3) is 5.34. The average molecular weight is 360 g/mol. The summed E-state index contributed by atoms with van der Waals surface area (Å²) < 4.78 is 29.7. The molecule has 0 aliphatic heterocycles. The lowest BCUT2D eigenvalue weighted by molar-refractivity contribution is -0.139. The van der Waals surface area contributed by atoms with Gasteiger partial charge in [0.05, 0.1) is 5.56 Å². The van der Waals surface area contributed by atoms with Gasteiger partial charge in [0, 0.05) is 20.2 Å². The van der Waals surface area contributed by atoms with Crippen molar-refractivity contribution in [3.63, 3.8) is 0 Å². The summed E-state index contributed by atoms with van der Waals surface area (Å²) in [6.07, 6.45) is 1.87. The number of hydrogen-bond donors (Lipinski definition) is 2. The van der Waals surface area contributed by atoms with Gasteiger partial charge in [-0.25, -0.2) is 17.5 Å². The first-order valence-corrected chi connectivity index (χ1v) is 8.83. The third-order valence-corrected chi connectivity index (χ3v) is 5.04. The van der Waals surface area contributed by atoms with Crippen molar-refractivity contribution < 1.29 is 27.5 Å². The van der Waals surface area contributed by atoms with Gasteiger partial charge in [0.1, 0.15) is 12.3 Å². The van der Waals surface area contributed by atoms with Gasteiger partial charge in [-0.05, 0) is 18.3 Å². The van der Waals surface area contributed by atoms with Crippen molar-refractivity contribution in [3.05, 3.63) is 17.9 Å². The van der Waals surface area contributed by atoms with Gasteiger partial charge < -0.3 is 14.8 Å². The van der Waals surface area contributed by atoms with Gasteiger partial charge in [-0.15, -0.1) is 0 Å². The zero-order valence-electron chi connectivity index (χ0n) is 14.5. The van der Waals surface area contributed by atoms with Crippen LogP contribution >= 0.6 is 0 Å². The Morgan fingerprint density at radius 3 is 2.38 bits per heavy atom. The Kier molecular flexibility index (Phi) is 6.18. The lowest BCUT2D eigenvalue weighted by Crippen LogP contribution is -2.41. The van der Waals surface area contributed by atoms with Crippen LogP contribution in [0.25, 0.3) is 0 Å². The second-order valence-corrected chi connectivity index (χ2v) is 8.99. The summed E-state index contributed by atoms with van der Waals surface area (Å²) >= 11 is 0. The van der Waals surface area contributed by atoms with Crippen molar-refractivity contribution in [1.29, 1.82) is 0 Å². The summed E-state index contributed by atoms with van der Waals surface area (Å²) in [4.78, 5) is 23.4. The number of carbonyl (C=O) groups excluding carboxylic acids is 1. The van der Waals surface area contributed by atoms with E-state index in [-0.39, 0.29) is 22.5 Å². The van der Waals surface area contributed by atoms with Crippen LogP contribution in [-0.2, 0) is 14.8 Å². The molecule has 0 bridgehead atoms. The van der Waals surface area contributed by atoms with E-state index in [0.29, 0.717) is 6.42 Å². The molecule has 0 radical (unpaired) electrons. The van der Waals surface area contributed by atoms with Gasteiger partial charge in [0.2, 0.25) is 5.09 Å². The van der Waals surface area contributed by atoms with E-state index >= 15 is 0 Å². The molecule has 0 saturated heterocycles. The smallest absolute Gasteiger partial charge is 0.326 e. The molecule has 0 aromatic carbocycles. The fraction of sp³-hybridized carbons (Fsp3) is 0.600. The van der Waals surface area contributed by atoms with Crippen molar-refractivity contribution in [1.82, 2.24) is 9.62 Å². The average Bonchev–Trinajstić information content (AvgIpc) is 2.92. The van der Waals surface area contributed by atoms with E-state index in [0.717, 1.165) is 16.6 Å². The normalized spacial score (nSPS) is 13.8. The number of rotatable bonds is 7. The van der Waals surface area contributed by atoms with Gasteiger partial charge >= 0.3 is 5.97 Å². The van der Waals surface area contributed by atoms with Gasteiger partial charge in [-0.2, -0.15) is 0 Å². The van der Waals surface area contributed by atoms with Crippen LogP contribution in [0.5, 0.6) is 0 Å². The molecule has 0 fully saturated rings. The first kappa shape index (κ1) is 20.2. The van der Waals surface area contributed by atoms with E-state index < -0.39 is 27.9 Å². The van der Waals surface area contributed by atoms with E-state index in [9.17, 15) is 23.1 Å². The Hall–Kier alpha value is -1.87. The van der Waals surface area contributed by atoms with Crippen molar-refractivity contribution >= 4 is 21.9 Å². The molecular formula is C15H24N2O6S. The van der Waals surface area contributed by atoms with E-state index in [1.807, 2.05) is 20.8 Å². The minimum atomic E-state index is -3.79. The minimum absolute atomic E-state index is 0.0440. The number of carbonyl (C=O) groups is 2. The first-order chi connectivity index (χ1) is 10.8. The van der Waals surface area contributed by atoms with Gasteiger partial charge in [0.15, 0.2) is 0 Å². The molecular weight excluding hydrogens is 336 g/mol. The summed E-state index contributed by atoms with van der Waals surface area (Å²) in [7, 11) is -1.12. The Morgan fingerprint density at radius 2 is 1.92 bits per heavy atom. The second-order valence-electron chi connectivity index (χ2n) is 6.91. The number of aliphatic carboxylic acids is 1. The standard InChI is InChI=1S/C15H24N2O6S/c1-15(2,3)7-6-11(14(19)20)16-13(18)10-8-12(23-9-10)24(21,22)17(4)5/h8-9,11H,6-7H2,1-5H3,(H,16,18)(H,19,20). The second kappa shape index (κ2) is 7.35. The van der Waals surface area contributed by atoms with Crippen LogP contribution in [0.15, 0.2) is 21.8 Å². The highest BCUT2D eigenvalue weighted by atomic mass is 32.2. The maximum absolute atomic E-state index is 12.2. The summed E-state index contributed by atoms with van der Waals surface area (Å²) in [5.74, 6) is -1.84. The van der Waals surface area contributed by atoms with E-state index in [1.165, 1.54) is 14.1 Å². The molecule has 1 amide bonds. The number of nitrogens with zero attached hydrogens (tertiary/aromatic N) is 1. The Bertz CT molecular complexity index is 700. The molecule has 0 saturated carbocycles. The maximum atomic E-state index is 12.2. The fourth-order valence-corrected chi connectivity index (χ4v) is 2.63. The van der Waals surface area contributed by atoms with Gasteiger partial charge in [-0.3, -0.25) is 4.79 Å². The zero-order valence-corrected chi connectivity index (χ0v) is 15.3. The molecule has 1 aromatic rings. The quantitative estimate of drug-likeness (QED) is 0.762. The lowest BCUT2D eigenvalue weighted by atomic mass is 9.88. The highest BCUT2D eigenvalue weighted by Crippen LogP contribution is 2.22. The molecule has 0 aliphatic carbocycles. The first-order valence-electron chi connectivity index (χ1n) is 7.39. The topological polar surface area (TPSA) is 117 Å². The predicted molar refractivity (Wildman–Crippen MR) is 87.2 cm³/mol. The third-order valence-electron chi connectivity index (χ3n) is 3.36. The van der Waals surface area contributed by atoms with Crippen molar-refractivity contribution in [2.45, 2.75) is 44.7 Å². The van der Waals surface area contributed by atoms with E-state index in [1.54, 1.807) is 0 Å². The number of furan rings is 1. The maximum Gasteiger partial charge on any atom is 0.326 e. The monoisotopic (exact) mass is 360 g/mol. The van der Waals surface area contributed by atoms with Crippen LogP contribution in [0.3, 0.4) is 0 Å². The highest BCUT2D eigenvalue weighted by molar-refractivity contribution is 7.88. The molecule has 2 N–H and O–H groups in total. The molecule has 1 heterocycles. The van der Waals surface area contributed by atoms with Gasteiger partial charge in [-0.1, -0.05) is 20.8 Å². The number of carboxylic acid groups (broad SMARTS) is 1. The van der Waals surface area contributed by atoms with Crippen LogP contribution < -0.4 is 5.32 Å². The number of amides is 1. The number of carboxylic acids is 1. The van der Waals surface area contributed by atoms with Crippen LogP contribution in [0.2, 0.25) is 0 Å². The van der Waals surface area contributed by atoms with Crippen molar-refractivity contribution in [2.24, 2.45) is 5.41 Å². The Labute approximate surface area is 141 Å². The van der Waals surface area contributed by atoms with Crippen LogP contribution in [0, 0.1) is 5.41 Å². The predicted octanol–water partition coefficient (Wildman–Crippen LogP) is 1.54. The molecule has 136 valence electrons. The molecule has 0 spiro atoms. The molecule has 24 heavy (non-hydrogen) atoms. The molecule has 1 unspecified atom stereocenters. The van der Waals surface area contributed by atoms with Crippen molar-refractivity contribution in [3.8, 4) is 0 Å². The summed E-state index contributed by atoms with van der Waals surface area (Å²) in [5.41, 5.74) is -0.112. The summed E-state index contributed by atoms with van der Waals surface area (Å²) in [6, 6.07) is 0.0217. The van der Waals surface area contributed by atoms with E-state index in [4.69, 9.17) is 4.42 Å². The van der Waals surface area contributed by atoms with Gasteiger partial charge in [0.25, 0.3) is 15.9 Å². The summed E-state index contributed by atoms with van der Waals surface area (Å²) in [5, 5.41) is 11.2. The lowest BCUT2D eigenvalue weighted by Gasteiger charge is -2.21. The van der Waals surface area contributed by atoms with Crippen LogP contribution in [0.4, 0.5) is 0 Å². The fourth-order valence-electron chi connectivity index (χ4n) is 1.83. The Morgan fingerprint density at radius 1 is 1.33 bits per heavy atom. The number of sulfonamides is 1. The molecule has 1 atom stereocenters.